The van der Waals surface area contributed by atoms with Gasteiger partial charge in [0, 0.05) is 24.8 Å². The van der Waals surface area contributed by atoms with Gasteiger partial charge in [-0.25, -0.2) is 0 Å². The molecule has 34 heavy (non-hydrogen) atoms. The molecule has 3 aliphatic rings. The minimum atomic E-state index is -4.83. The highest BCUT2D eigenvalue weighted by atomic mass is 35.5. The SMILES string of the molecule is Cc1cccc(NC(=O)c2cc(Cl)c(C(F)(F)F)cc2N2CCOC3NC(C2)[C@@H]3C(F)(F)F)c1. The Balaban J connectivity index is 1.72. The zero-order chi connectivity index (χ0) is 24.8. The maximum absolute atomic E-state index is 13.6. The van der Waals surface area contributed by atoms with Gasteiger partial charge >= 0.3 is 12.4 Å². The summed E-state index contributed by atoms with van der Waals surface area (Å²) in [5, 5.41) is 4.58. The summed E-state index contributed by atoms with van der Waals surface area (Å²) in [5.41, 5.74) is -0.319. The number of hydrogen-bond donors (Lipinski definition) is 2. The van der Waals surface area contributed by atoms with Gasteiger partial charge in [-0.15, -0.1) is 0 Å². The average Bonchev–Trinajstić information content (AvgIpc) is 2.64. The van der Waals surface area contributed by atoms with Crippen molar-refractivity contribution in [3.05, 3.63) is 58.1 Å². The van der Waals surface area contributed by atoms with Crippen molar-refractivity contribution in [1.29, 1.82) is 0 Å². The lowest BCUT2D eigenvalue weighted by atomic mass is 9.87. The van der Waals surface area contributed by atoms with Crippen LogP contribution in [-0.2, 0) is 10.9 Å². The number of nitrogens with zero attached hydrogens (tertiary/aromatic N) is 1. The summed E-state index contributed by atoms with van der Waals surface area (Å²) in [7, 11) is 0. The highest BCUT2D eigenvalue weighted by molar-refractivity contribution is 6.32. The van der Waals surface area contributed by atoms with Gasteiger partial charge in [-0.1, -0.05) is 23.7 Å². The number of hydrogen-bond acceptors (Lipinski definition) is 4. The zero-order valence-electron chi connectivity index (χ0n) is 17.7. The first-order chi connectivity index (χ1) is 15.8. The number of halogens is 7. The van der Waals surface area contributed by atoms with Crippen LogP contribution in [0.5, 0.6) is 0 Å². The van der Waals surface area contributed by atoms with Crippen LogP contribution in [-0.4, -0.2) is 44.0 Å². The molecule has 3 saturated heterocycles. The molecule has 5 rings (SSSR count). The molecule has 12 heteroatoms. The summed E-state index contributed by atoms with van der Waals surface area (Å²) in [6.07, 6.45) is -10.6. The molecule has 5 nitrogen and oxygen atoms in total. The fraction of sp³-hybridized carbons (Fsp3) is 0.409. The third-order valence-corrected chi connectivity index (χ3v) is 6.16. The predicted octanol–water partition coefficient (Wildman–Crippen LogP) is 5.23. The van der Waals surface area contributed by atoms with E-state index in [0.717, 1.165) is 11.6 Å². The van der Waals surface area contributed by atoms with Crippen LogP contribution in [0.1, 0.15) is 21.5 Å². The molecule has 0 aromatic heterocycles. The quantitative estimate of drug-likeness (QED) is 0.559. The second kappa shape index (κ2) is 8.94. The van der Waals surface area contributed by atoms with Gasteiger partial charge in [0.25, 0.3) is 5.91 Å². The van der Waals surface area contributed by atoms with Gasteiger partial charge in [0.15, 0.2) is 0 Å². The van der Waals surface area contributed by atoms with Crippen molar-refractivity contribution >= 4 is 28.9 Å². The normalized spacial score (nSPS) is 23.1. The van der Waals surface area contributed by atoms with Crippen molar-refractivity contribution in [2.75, 3.05) is 29.9 Å². The third kappa shape index (κ3) is 4.96. The van der Waals surface area contributed by atoms with E-state index >= 15 is 0 Å². The lowest BCUT2D eigenvalue weighted by Crippen LogP contribution is -2.71. The second-order valence-corrected chi connectivity index (χ2v) is 8.66. The van der Waals surface area contributed by atoms with E-state index in [0.29, 0.717) is 11.8 Å². The van der Waals surface area contributed by atoms with Gasteiger partial charge in [0.1, 0.15) is 12.1 Å². The molecule has 2 aromatic rings. The molecule has 3 aliphatic heterocycles. The van der Waals surface area contributed by atoms with Crippen molar-refractivity contribution in [3.8, 4) is 0 Å². The van der Waals surface area contributed by atoms with Crippen LogP contribution in [0.25, 0.3) is 0 Å². The monoisotopic (exact) mass is 507 g/mol. The Morgan fingerprint density at radius 2 is 1.91 bits per heavy atom. The molecule has 2 bridgehead atoms. The lowest BCUT2D eigenvalue weighted by molar-refractivity contribution is -0.258. The van der Waals surface area contributed by atoms with Crippen LogP contribution in [0.2, 0.25) is 5.02 Å². The Kier molecular flexibility index (Phi) is 6.47. The largest absolute Gasteiger partial charge is 0.417 e. The molecule has 184 valence electrons. The number of carbonyl (C=O) groups excluding carboxylic acids is 1. The highest BCUT2D eigenvalue weighted by Gasteiger charge is 2.58. The van der Waals surface area contributed by atoms with E-state index < -0.39 is 47.0 Å². The van der Waals surface area contributed by atoms with Crippen molar-refractivity contribution in [2.24, 2.45) is 5.92 Å². The minimum absolute atomic E-state index is 0.0110. The standard InChI is InChI=1S/C22H20ClF6N3O2/c1-11-3-2-4-12(7-11)30-19(33)13-8-15(23)14(21(24,25)26)9-17(13)32-5-6-34-20-18(22(27,28)29)16(10-32)31-20/h2-4,7-9,16,18,20,31H,5-6,10H2,1H3,(H,30,33)/t16?,18-,20?/m0/s1. The van der Waals surface area contributed by atoms with Crippen LogP contribution in [0, 0.1) is 12.8 Å². The van der Waals surface area contributed by atoms with Crippen molar-refractivity contribution in [1.82, 2.24) is 5.32 Å². The summed E-state index contributed by atoms with van der Waals surface area (Å²) < 4.78 is 86.3. The van der Waals surface area contributed by atoms with Gasteiger partial charge in [-0.3, -0.25) is 10.1 Å². The number of benzene rings is 2. The first-order valence-corrected chi connectivity index (χ1v) is 10.7. The number of carbonyl (C=O) groups is 1. The molecule has 3 fully saturated rings. The maximum atomic E-state index is 13.6. The molecule has 0 aliphatic carbocycles. The maximum Gasteiger partial charge on any atom is 0.417 e. The van der Waals surface area contributed by atoms with E-state index in [-0.39, 0.29) is 30.9 Å². The van der Waals surface area contributed by atoms with E-state index in [4.69, 9.17) is 16.3 Å². The summed E-state index contributed by atoms with van der Waals surface area (Å²) >= 11 is 5.87. The van der Waals surface area contributed by atoms with E-state index in [9.17, 15) is 31.1 Å². The highest BCUT2D eigenvalue weighted by Crippen LogP contribution is 2.42. The molecule has 0 saturated carbocycles. The number of fused-ring (bicyclic) bond motifs is 4. The van der Waals surface area contributed by atoms with Gasteiger partial charge in [-0.05, 0) is 36.8 Å². The Hall–Kier alpha value is -2.50. The van der Waals surface area contributed by atoms with Crippen molar-refractivity contribution in [3.63, 3.8) is 0 Å². The Labute approximate surface area is 196 Å². The number of anilines is 2. The third-order valence-electron chi connectivity index (χ3n) is 5.84. The molecule has 2 unspecified atom stereocenters. The summed E-state index contributed by atoms with van der Waals surface area (Å²) in [5.74, 6) is -2.56. The van der Waals surface area contributed by atoms with Crippen molar-refractivity contribution < 1.29 is 35.9 Å². The number of ether oxygens (including phenoxy) is 1. The fourth-order valence-corrected chi connectivity index (χ4v) is 4.48. The summed E-state index contributed by atoms with van der Waals surface area (Å²) in [6, 6.07) is 7.24. The van der Waals surface area contributed by atoms with Crippen LogP contribution in [0.4, 0.5) is 37.7 Å². The number of alkyl halides is 6. The zero-order valence-corrected chi connectivity index (χ0v) is 18.5. The fourth-order valence-electron chi connectivity index (χ4n) is 4.21. The Morgan fingerprint density at radius 3 is 2.56 bits per heavy atom. The number of aryl methyl sites for hydroxylation is 1. The molecule has 3 heterocycles. The van der Waals surface area contributed by atoms with Crippen LogP contribution in [0.15, 0.2) is 36.4 Å². The molecule has 1 amide bonds. The van der Waals surface area contributed by atoms with Crippen LogP contribution >= 0.6 is 11.6 Å². The van der Waals surface area contributed by atoms with E-state index in [1.54, 1.807) is 31.2 Å². The molecular formula is C22H20ClF6N3O2. The molecule has 0 radical (unpaired) electrons. The number of nitrogens with one attached hydrogen (secondary N) is 2. The molecule has 2 aromatic carbocycles. The Bertz CT molecular complexity index is 1090. The predicted molar refractivity (Wildman–Crippen MR) is 114 cm³/mol. The number of amides is 1. The molecular weight excluding hydrogens is 488 g/mol. The lowest BCUT2D eigenvalue weighted by Gasteiger charge is -2.50. The van der Waals surface area contributed by atoms with E-state index in [2.05, 4.69) is 10.6 Å². The molecule has 0 spiro atoms. The van der Waals surface area contributed by atoms with Crippen LogP contribution < -0.4 is 15.5 Å². The van der Waals surface area contributed by atoms with Gasteiger partial charge in [0.05, 0.1) is 28.4 Å². The van der Waals surface area contributed by atoms with Gasteiger partial charge < -0.3 is 15.0 Å². The number of rotatable bonds is 3. The van der Waals surface area contributed by atoms with E-state index in [1.165, 1.54) is 4.90 Å². The van der Waals surface area contributed by atoms with Crippen LogP contribution in [0.3, 0.4) is 0 Å². The van der Waals surface area contributed by atoms with Gasteiger partial charge in [-0.2, -0.15) is 26.3 Å². The molecule has 3 atom stereocenters. The molecule has 2 N–H and O–H groups in total. The second-order valence-electron chi connectivity index (χ2n) is 8.25. The average molecular weight is 508 g/mol. The summed E-state index contributed by atoms with van der Waals surface area (Å²) in [4.78, 5) is 14.4. The first-order valence-electron chi connectivity index (χ1n) is 10.3. The van der Waals surface area contributed by atoms with Gasteiger partial charge in [0.2, 0.25) is 0 Å². The topological polar surface area (TPSA) is 53.6 Å². The van der Waals surface area contributed by atoms with Crippen molar-refractivity contribution in [2.45, 2.75) is 31.5 Å². The smallest absolute Gasteiger partial charge is 0.367 e. The first kappa shape index (κ1) is 24.6. The Morgan fingerprint density at radius 1 is 1.18 bits per heavy atom. The van der Waals surface area contributed by atoms with E-state index in [1.807, 2.05) is 0 Å². The summed E-state index contributed by atoms with van der Waals surface area (Å²) in [6.45, 7) is 1.34. The minimum Gasteiger partial charge on any atom is -0.367 e.